The number of rotatable bonds is 4. The Bertz CT molecular complexity index is 797. The Kier molecular flexibility index (Phi) is 4.31. The topological polar surface area (TPSA) is 38.3 Å². The molecule has 2 aromatic carbocycles. The zero-order valence-electron chi connectivity index (χ0n) is 14.4. The third-order valence-electron chi connectivity index (χ3n) is 5.19. The van der Waals surface area contributed by atoms with Gasteiger partial charge in [0.1, 0.15) is 0 Å². The minimum absolute atomic E-state index is 0.228. The van der Waals surface area contributed by atoms with Crippen LogP contribution in [0.25, 0.3) is 0 Å². The standard InChI is InChI=1S/C22H23NO2/c1-2-13-25-22(24)16-11-12-20-19(14-16)17-9-6-10-18(17)21(23-20)15-7-4-3-5-8-15/h3-9,11-12,14,17-18,21,23H,2,10,13H2,1H3. The van der Waals surface area contributed by atoms with Gasteiger partial charge in [0.25, 0.3) is 0 Å². The van der Waals surface area contributed by atoms with Gasteiger partial charge in [-0.2, -0.15) is 0 Å². The predicted molar refractivity (Wildman–Crippen MR) is 99.8 cm³/mol. The first-order chi connectivity index (χ1) is 12.3. The van der Waals surface area contributed by atoms with Crippen LogP contribution in [0.3, 0.4) is 0 Å². The van der Waals surface area contributed by atoms with E-state index in [1.807, 2.05) is 25.1 Å². The summed E-state index contributed by atoms with van der Waals surface area (Å²) in [6, 6.07) is 16.8. The van der Waals surface area contributed by atoms with Crippen molar-refractivity contribution in [2.45, 2.75) is 31.7 Å². The predicted octanol–water partition coefficient (Wildman–Crippen LogP) is 5.08. The second-order valence-electron chi connectivity index (χ2n) is 6.82. The number of hydrogen-bond donors (Lipinski definition) is 1. The maximum absolute atomic E-state index is 12.2. The Hall–Kier alpha value is -2.55. The van der Waals surface area contributed by atoms with E-state index in [4.69, 9.17) is 4.74 Å². The van der Waals surface area contributed by atoms with E-state index in [-0.39, 0.29) is 5.97 Å². The fourth-order valence-corrected chi connectivity index (χ4v) is 3.99. The van der Waals surface area contributed by atoms with E-state index < -0.39 is 0 Å². The molecular weight excluding hydrogens is 310 g/mol. The number of allylic oxidation sites excluding steroid dienone is 2. The molecule has 3 atom stereocenters. The molecule has 1 aliphatic carbocycles. The van der Waals surface area contributed by atoms with Crippen LogP contribution >= 0.6 is 0 Å². The first-order valence-corrected chi connectivity index (χ1v) is 9.07. The monoisotopic (exact) mass is 333 g/mol. The van der Waals surface area contributed by atoms with Gasteiger partial charge >= 0.3 is 5.97 Å². The van der Waals surface area contributed by atoms with E-state index in [0.29, 0.717) is 30.0 Å². The summed E-state index contributed by atoms with van der Waals surface area (Å²) < 4.78 is 5.29. The number of nitrogens with one attached hydrogen (secondary N) is 1. The van der Waals surface area contributed by atoms with Crippen LogP contribution in [0.5, 0.6) is 0 Å². The summed E-state index contributed by atoms with van der Waals surface area (Å²) >= 11 is 0. The number of benzene rings is 2. The van der Waals surface area contributed by atoms with Gasteiger partial charge in [0, 0.05) is 11.6 Å². The van der Waals surface area contributed by atoms with Crippen LogP contribution < -0.4 is 5.32 Å². The SMILES string of the molecule is CCCOC(=O)c1ccc2c(c1)C1C=CCC1C(c1ccccc1)N2. The fraction of sp³-hybridized carbons (Fsp3) is 0.318. The van der Waals surface area contributed by atoms with Gasteiger partial charge in [-0.15, -0.1) is 0 Å². The Labute approximate surface area is 148 Å². The largest absolute Gasteiger partial charge is 0.462 e. The molecule has 3 nitrogen and oxygen atoms in total. The highest BCUT2D eigenvalue weighted by molar-refractivity contribution is 5.90. The van der Waals surface area contributed by atoms with Crippen LogP contribution in [0.1, 0.15) is 53.2 Å². The molecular formula is C22H23NO2. The van der Waals surface area contributed by atoms with Crippen molar-refractivity contribution in [2.24, 2.45) is 5.92 Å². The molecule has 3 heteroatoms. The van der Waals surface area contributed by atoms with Crippen LogP contribution in [0.4, 0.5) is 5.69 Å². The lowest BCUT2D eigenvalue weighted by Crippen LogP contribution is -2.29. The van der Waals surface area contributed by atoms with E-state index >= 15 is 0 Å². The molecule has 1 N–H and O–H groups in total. The van der Waals surface area contributed by atoms with E-state index in [1.54, 1.807) is 0 Å². The van der Waals surface area contributed by atoms with Crippen molar-refractivity contribution in [3.8, 4) is 0 Å². The van der Waals surface area contributed by atoms with Gasteiger partial charge in [-0.25, -0.2) is 4.79 Å². The molecule has 0 amide bonds. The minimum atomic E-state index is -0.228. The molecule has 2 aliphatic rings. The Balaban J connectivity index is 1.67. The third-order valence-corrected chi connectivity index (χ3v) is 5.19. The zero-order valence-corrected chi connectivity index (χ0v) is 14.4. The van der Waals surface area contributed by atoms with Crippen molar-refractivity contribution in [3.05, 3.63) is 77.4 Å². The van der Waals surface area contributed by atoms with E-state index in [1.165, 1.54) is 11.1 Å². The van der Waals surface area contributed by atoms with Gasteiger partial charge in [-0.3, -0.25) is 0 Å². The molecule has 0 aromatic heterocycles. The molecule has 25 heavy (non-hydrogen) atoms. The second-order valence-corrected chi connectivity index (χ2v) is 6.82. The number of carbonyl (C=O) groups excluding carboxylic acids is 1. The summed E-state index contributed by atoms with van der Waals surface area (Å²) in [5.41, 5.74) is 4.29. The van der Waals surface area contributed by atoms with Gasteiger partial charge in [0.15, 0.2) is 0 Å². The highest BCUT2D eigenvalue weighted by atomic mass is 16.5. The average molecular weight is 333 g/mol. The van der Waals surface area contributed by atoms with Gasteiger partial charge in [-0.1, -0.05) is 49.4 Å². The number of esters is 1. The van der Waals surface area contributed by atoms with Crippen molar-refractivity contribution in [1.82, 2.24) is 0 Å². The highest BCUT2D eigenvalue weighted by Crippen LogP contribution is 2.49. The zero-order chi connectivity index (χ0) is 17.2. The lowest BCUT2D eigenvalue weighted by molar-refractivity contribution is 0.0505. The molecule has 1 heterocycles. The summed E-state index contributed by atoms with van der Waals surface area (Å²) in [6.07, 6.45) is 6.46. The molecule has 128 valence electrons. The first kappa shape index (κ1) is 15.9. The van der Waals surface area contributed by atoms with E-state index in [0.717, 1.165) is 18.5 Å². The molecule has 4 rings (SSSR count). The number of anilines is 1. The van der Waals surface area contributed by atoms with E-state index in [2.05, 4.69) is 47.8 Å². The Morgan fingerprint density at radius 3 is 2.84 bits per heavy atom. The van der Waals surface area contributed by atoms with E-state index in [9.17, 15) is 4.79 Å². The number of carbonyl (C=O) groups is 1. The summed E-state index contributed by atoms with van der Waals surface area (Å²) in [5.74, 6) is 0.602. The molecule has 0 fully saturated rings. The summed E-state index contributed by atoms with van der Waals surface area (Å²) in [4.78, 5) is 12.2. The summed E-state index contributed by atoms with van der Waals surface area (Å²) in [5, 5.41) is 3.70. The number of ether oxygens (including phenoxy) is 1. The van der Waals surface area contributed by atoms with Crippen LogP contribution in [0, 0.1) is 5.92 Å². The molecule has 3 unspecified atom stereocenters. The first-order valence-electron chi connectivity index (χ1n) is 9.07. The minimum Gasteiger partial charge on any atom is -0.462 e. The lowest BCUT2D eigenvalue weighted by atomic mass is 9.76. The molecule has 1 aliphatic heterocycles. The van der Waals surface area contributed by atoms with Gasteiger partial charge in [-0.05, 0) is 48.1 Å². The third kappa shape index (κ3) is 2.95. The maximum Gasteiger partial charge on any atom is 0.338 e. The number of fused-ring (bicyclic) bond motifs is 3. The fourth-order valence-electron chi connectivity index (χ4n) is 3.99. The smallest absolute Gasteiger partial charge is 0.338 e. The van der Waals surface area contributed by atoms with Gasteiger partial charge in [0.2, 0.25) is 0 Å². The van der Waals surface area contributed by atoms with Crippen molar-refractivity contribution >= 4 is 11.7 Å². The van der Waals surface area contributed by atoms with Crippen molar-refractivity contribution in [1.29, 1.82) is 0 Å². The van der Waals surface area contributed by atoms with Gasteiger partial charge < -0.3 is 10.1 Å². The second kappa shape index (κ2) is 6.75. The molecule has 2 aromatic rings. The molecule has 0 saturated heterocycles. The summed E-state index contributed by atoms with van der Waals surface area (Å²) in [6.45, 7) is 2.47. The van der Waals surface area contributed by atoms with Crippen LogP contribution in [-0.2, 0) is 4.74 Å². The normalized spacial score (nSPS) is 23.5. The highest BCUT2D eigenvalue weighted by Gasteiger charge is 2.38. The Morgan fingerprint density at radius 2 is 2.04 bits per heavy atom. The van der Waals surface area contributed by atoms with Crippen LogP contribution in [-0.4, -0.2) is 12.6 Å². The quantitative estimate of drug-likeness (QED) is 0.626. The lowest BCUT2D eigenvalue weighted by Gasteiger charge is -2.37. The molecule has 0 saturated carbocycles. The molecule has 0 radical (unpaired) electrons. The molecule has 0 spiro atoms. The Morgan fingerprint density at radius 1 is 1.20 bits per heavy atom. The summed E-state index contributed by atoms with van der Waals surface area (Å²) in [7, 11) is 0. The van der Waals surface area contributed by atoms with Crippen molar-refractivity contribution in [2.75, 3.05) is 11.9 Å². The van der Waals surface area contributed by atoms with Crippen molar-refractivity contribution < 1.29 is 9.53 Å². The van der Waals surface area contributed by atoms with Crippen molar-refractivity contribution in [3.63, 3.8) is 0 Å². The molecule has 0 bridgehead atoms. The van der Waals surface area contributed by atoms with Gasteiger partial charge in [0.05, 0.1) is 18.2 Å². The maximum atomic E-state index is 12.2. The number of hydrogen-bond acceptors (Lipinski definition) is 3. The van der Waals surface area contributed by atoms with Crippen LogP contribution in [0.2, 0.25) is 0 Å². The average Bonchev–Trinajstić information content (AvgIpc) is 3.16. The van der Waals surface area contributed by atoms with Crippen LogP contribution in [0.15, 0.2) is 60.7 Å².